The van der Waals surface area contributed by atoms with Crippen molar-refractivity contribution in [2.24, 2.45) is 0 Å². The number of rotatable bonds is 7. The molecular weight excluding hydrogens is 328 g/mol. The third-order valence-electron chi connectivity index (χ3n) is 3.38. The van der Waals surface area contributed by atoms with E-state index in [-0.39, 0.29) is 6.04 Å². The first-order valence-electron chi connectivity index (χ1n) is 7.20. The van der Waals surface area contributed by atoms with Gasteiger partial charge < -0.3 is 10.1 Å². The molecule has 1 atom stereocenters. The van der Waals surface area contributed by atoms with E-state index in [1.165, 1.54) is 11.1 Å². The first-order valence-corrected chi connectivity index (χ1v) is 7.99. The van der Waals surface area contributed by atoms with E-state index in [9.17, 15) is 0 Å². The van der Waals surface area contributed by atoms with Gasteiger partial charge in [-0.1, -0.05) is 19.1 Å². The number of nitrogens with one attached hydrogen (secondary N) is 1. The van der Waals surface area contributed by atoms with Crippen molar-refractivity contribution in [2.75, 3.05) is 13.7 Å². The molecule has 1 aromatic carbocycles. The summed E-state index contributed by atoms with van der Waals surface area (Å²) < 4.78 is 6.29. The standard InChI is InChI=1S/C17H21BrN2O/c1-3-8-20-16(10-13-5-4-9-19-12-13)14-6-7-17(21-2)15(18)11-14/h4-7,9,11-12,16,20H,3,8,10H2,1-2H3. The van der Waals surface area contributed by atoms with Crippen molar-refractivity contribution >= 4 is 15.9 Å². The van der Waals surface area contributed by atoms with Gasteiger partial charge in [0.15, 0.2) is 0 Å². The fraction of sp³-hybridized carbons (Fsp3) is 0.353. The molecule has 0 amide bonds. The third-order valence-corrected chi connectivity index (χ3v) is 4.00. The molecule has 1 N–H and O–H groups in total. The van der Waals surface area contributed by atoms with E-state index in [2.05, 4.69) is 51.4 Å². The summed E-state index contributed by atoms with van der Waals surface area (Å²) in [4.78, 5) is 4.20. The number of hydrogen-bond donors (Lipinski definition) is 1. The van der Waals surface area contributed by atoms with Crippen molar-refractivity contribution in [3.8, 4) is 5.75 Å². The van der Waals surface area contributed by atoms with Crippen molar-refractivity contribution < 1.29 is 4.74 Å². The van der Waals surface area contributed by atoms with Gasteiger partial charge in [0.2, 0.25) is 0 Å². The average Bonchev–Trinajstić information content (AvgIpc) is 2.52. The second-order valence-electron chi connectivity index (χ2n) is 4.97. The fourth-order valence-corrected chi connectivity index (χ4v) is 2.84. The van der Waals surface area contributed by atoms with Gasteiger partial charge in [0, 0.05) is 18.4 Å². The molecule has 3 nitrogen and oxygen atoms in total. The summed E-state index contributed by atoms with van der Waals surface area (Å²) in [7, 11) is 1.68. The lowest BCUT2D eigenvalue weighted by Crippen LogP contribution is -2.24. The second kappa shape index (κ2) is 8.15. The van der Waals surface area contributed by atoms with Crippen LogP contribution in [0.5, 0.6) is 5.75 Å². The van der Waals surface area contributed by atoms with Gasteiger partial charge in [-0.15, -0.1) is 0 Å². The highest BCUT2D eigenvalue weighted by molar-refractivity contribution is 9.10. The molecule has 21 heavy (non-hydrogen) atoms. The van der Waals surface area contributed by atoms with E-state index in [1.54, 1.807) is 7.11 Å². The molecule has 0 aliphatic heterocycles. The molecule has 2 aromatic rings. The first-order chi connectivity index (χ1) is 10.2. The van der Waals surface area contributed by atoms with Gasteiger partial charge in [-0.05, 0) is 64.6 Å². The van der Waals surface area contributed by atoms with Gasteiger partial charge in [-0.2, -0.15) is 0 Å². The van der Waals surface area contributed by atoms with Crippen LogP contribution in [0.4, 0.5) is 0 Å². The molecule has 1 heterocycles. The monoisotopic (exact) mass is 348 g/mol. The van der Waals surface area contributed by atoms with Crippen molar-refractivity contribution in [1.29, 1.82) is 0 Å². The van der Waals surface area contributed by atoms with Crippen molar-refractivity contribution in [3.63, 3.8) is 0 Å². The zero-order valence-corrected chi connectivity index (χ0v) is 14.1. The molecule has 0 spiro atoms. The molecule has 4 heteroatoms. The van der Waals surface area contributed by atoms with Crippen LogP contribution in [0, 0.1) is 0 Å². The quantitative estimate of drug-likeness (QED) is 0.816. The SMILES string of the molecule is CCCNC(Cc1cccnc1)c1ccc(OC)c(Br)c1. The summed E-state index contributed by atoms with van der Waals surface area (Å²) in [6.45, 7) is 3.17. The highest BCUT2D eigenvalue weighted by Crippen LogP contribution is 2.29. The van der Waals surface area contributed by atoms with Crippen molar-refractivity contribution in [3.05, 3.63) is 58.3 Å². The maximum absolute atomic E-state index is 5.30. The number of benzene rings is 1. The molecular formula is C17H21BrN2O. The minimum atomic E-state index is 0.274. The van der Waals surface area contributed by atoms with Crippen LogP contribution in [0.2, 0.25) is 0 Å². The van der Waals surface area contributed by atoms with Crippen LogP contribution >= 0.6 is 15.9 Å². The Hall–Kier alpha value is -1.39. The summed E-state index contributed by atoms with van der Waals surface area (Å²) in [5, 5.41) is 3.61. The lowest BCUT2D eigenvalue weighted by Gasteiger charge is -2.20. The van der Waals surface area contributed by atoms with E-state index in [4.69, 9.17) is 4.74 Å². The summed E-state index contributed by atoms with van der Waals surface area (Å²) in [5.41, 5.74) is 2.48. The Bertz CT molecular complexity index is 560. The molecule has 0 fully saturated rings. The van der Waals surface area contributed by atoms with Crippen LogP contribution in [0.15, 0.2) is 47.2 Å². The van der Waals surface area contributed by atoms with Crippen LogP contribution in [0.3, 0.4) is 0 Å². The molecule has 0 aliphatic carbocycles. The van der Waals surface area contributed by atoms with E-state index < -0.39 is 0 Å². The number of nitrogens with zero attached hydrogens (tertiary/aromatic N) is 1. The Morgan fingerprint density at radius 3 is 2.81 bits per heavy atom. The molecule has 0 saturated heterocycles. The van der Waals surface area contributed by atoms with Gasteiger partial charge >= 0.3 is 0 Å². The lowest BCUT2D eigenvalue weighted by atomic mass is 9.99. The van der Waals surface area contributed by atoms with Crippen LogP contribution in [0.1, 0.15) is 30.5 Å². The molecule has 2 rings (SSSR count). The maximum Gasteiger partial charge on any atom is 0.133 e. The van der Waals surface area contributed by atoms with E-state index >= 15 is 0 Å². The van der Waals surface area contributed by atoms with Crippen molar-refractivity contribution in [1.82, 2.24) is 10.3 Å². The zero-order valence-electron chi connectivity index (χ0n) is 12.5. The van der Waals surface area contributed by atoms with Gasteiger partial charge in [-0.3, -0.25) is 4.98 Å². The minimum Gasteiger partial charge on any atom is -0.496 e. The van der Waals surface area contributed by atoms with Crippen molar-refractivity contribution in [2.45, 2.75) is 25.8 Å². The largest absolute Gasteiger partial charge is 0.496 e. The lowest BCUT2D eigenvalue weighted by molar-refractivity contribution is 0.411. The predicted molar refractivity (Wildman–Crippen MR) is 89.7 cm³/mol. The summed E-state index contributed by atoms with van der Waals surface area (Å²) >= 11 is 3.56. The van der Waals surface area contributed by atoms with Gasteiger partial charge in [0.1, 0.15) is 5.75 Å². The average molecular weight is 349 g/mol. The van der Waals surface area contributed by atoms with E-state index in [0.29, 0.717) is 0 Å². The Morgan fingerprint density at radius 1 is 1.33 bits per heavy atom. The van der Waals surface area contributed by atoms with Crippen LogP contribution < -0.4 is 10.1 Å². The van der Waals surface area contributed by atoms with Gasteiger partial charge in [-0.25, -0.2) is 0 Å². The highest BCUT2D eigenvalue weighted by Gasteiger charge is 2.13. The van der Waals surface area contributed by atoms with Crippen LogP contribution in [-0.4, -0.2) is 18.6 Å². The molecule has 1 unspecified atom stereocenters. The Labute approximate surface area is 134 Å². The minimum absolute atomic E-state index is 0.274. The zero-order chi connectivity index (χ0) is 15.1. The third kappa shape index (κ3) is 4.55. The molecule has 0 bridgehead atoms. The number of ether oxygens (including phenoxy) is 1. The van der Waals surface area contributed by atoms with Gasteiger partial charge in [0.05, 0.1) is 11.6 Å². The van der Waals surface area contributed by atoms with Crippen LogP contribution in [-0.2, 0) is 6.42 Å². The van der Waals surface area contributed by atoms with E-state index in [0.717, 1.165) is 29.6 Å². The Morgan fingerprint density at radius 2 is 2.19 bits per heavy atom. The number of pyridine rings is 1. The highest BCUT2D eigenvalue weighted by atomic mass is 79.9. The normalized spacial score (nSPS) is 12.1. The Balaban J connectivity index is 2.20. The molecule has 0 saturated carbocycles. The molecule has 1 aromatic heterocycles. The number of methoxy groups -OCH3 is 1. The predicted octanol–water partition coefficient (Wildman–Crippen LogP) is 4.14. The first kappa shape index (κ1) is 16.0. The smallest absolute Gasteiger partial charge is 0.133 e. The Kier molecular flexibility index (Phi) is 6.21. The number of halogens is 1. The van der Waals surface area contributed by atoms with E-state index in [1.807, 2.05) is 24.5 Å². The second-order valence-corrected chi connectivity index (χ2v) is 5.82. The summed E-state index contributed by atoms with van der Waals surface area (Å²) in [6.07, 6.45) is 5.77. The van der Waals surface area contributed by atoms with Gasteiger partial charge in [0.25, 0.3) is 0 Å². The number of hydrogen-bond acceptors (Lipinski definition) is 3. The summed E-state index contributed by atoms with van der Waals surface area (Å²) in [5.74, 6) is 0.856. The number of aromatic nitrogens is 1. The van der Waals surface area contributed by atoms with Crippen LogP contribution in [0.25, 0.3) is 0 Å². The topological polar surface area (TPSA) is 34.2 Å². The molecule has 0 radical (unpaired) electrons. The maximum atomic E-state index is 5.30. The fourth-order valence-electron chi connectivity index (χ4n) is 2.28. The molecule has 0 aliphatic rings. The molecule has 112 valence electrons. The summed E-state index contributed by atoms with van der Waals surface area (Å²) in [6, 6.07) is 10.6.